The van der Waals surface area contributed by atoms with Crippen molar-refractivity contribution in [2.24, 2.45) is 0 Å². The largest absolute Gasteiger partial charge is 0.364 e. The lowest BCUT2D eigenvalue weighted by molar-refractivity contribution is -0.117. The van der Waals surface area contributed by atoms with Gasteiger partial charge in [-0.3, -0.25) is 14.2 Å². The number of hydrogen-bond donors (Lipinski definition) is 1. The number of benzene rings is 1. The Morgan fingerprint density at radius 2 is 1.67 bits per heavy atom. The molecule has 0 aromatic heterocycles. The zero-order valence-corrected chi connectivity index (χ0v) is 16.2. The van der Waals surface area contributed by atoms with E-state index in [1.165, 1.54) is 6.92 Å². The van der Waals surface area contributed by atoms with Gasteiger partial charge in [-0.1, -0.05) is 32.0 Å². The molecule has 0 aliphatic heterocycles. The van der Waals surface area contributed by atoms with Gasteiger partial charge < -0.3 is 4.74 Å². The van der Waals surface area contributed by atoms with Crippen molar-refractivity contribution in [2.45, 2.75) is 33.6 Å². The van der Waals surface area contributed by atoms with Crippen LogP contribution in [0.2, 0.25) is 0 Å². The highest BCUT2D eigenvalue weighted by molar-refractivity contribution is 7.85. The zero-order valence-electron chi connectivity index (χ0n) is 14.6. The van der Waals surface area contributed by atoms with E-state index in [0.29, 0.717) is 0 Å². The number of rotatable bonds is 7. The van der Waals surface area contributed by atoms with Crippen LogP contribution in [0, 0.1) is 0 Å². The fraction of sp³-hybridized carbons (Fsp3) is 0.562. The van der Waals surface area contributed by atoms with Crippen molar-refractivity contribution in [1.29, 1.82) is 0 Å². The van der Waals surface area contributed by atoms with Crippen molar-refractivity contribution in [3.8, 4) is 0 Å². The van der Waals surface area contributed by atoms with Gasteiger partial charge in [0.1, 0.15) is 12.6 Å². The van der Waals surface area contributed by atoms with Gasteiger partial charge in [0.25, 0.3) is 10.1 Å². The van der Waals surface area contributed by atoms with E-state index in [9.17, 15) is 13.2 Å². The molecular weight excluding hydrogens is 354 g/mol. The molecule has 0 heterocycles. The summed E-state index contributed by atoms with van der Waals surface area (Å²) in [5, 5.41) is 0. The number of para-hydroxylation sites is 1. The third-order valence-corrected chi connectivity index (χ3v) is 4.23. The number of carbonyl (C=O) groups excluding carboxylic acids is 1. The fourth-order valence-corrected chi connectivity index (χ4v) is 2.17. The number of hydrogen-bond acceptors (Lipinski definition) is 4. The summed E-state index contributed by atoms with van der Waals surface area (Å²) in [5.74, 6) is -0.369. The molecule has 1 aromatic carbocycles. The normalized spacial score (nSPS) is 10.8. The maximum absolute atomic E-state index is 12.0. The van der Waals surface area contributed by atoms with E-state index in [0.717, 1.165) is 29.7 Å². The predicted molar refractivity (Wildman–Crippen MR) is 97.4 cm³/mol. The van der Waals surface area contributed by atoms with Gasteiger partial charge in [0.05, 0.1) is 11.4 Å². The summed E-state index contributed by atoms with van der Waals surface area (Å²) in [7, 11) is -2.08. The Balaban J connectivity index is 0.000000754. The van der Waals surface area contributed by atoms with E-state index in [-0.39, 0.29) is 24.3 Å². The number of anilines is 1. The Labute approximate surface area is 149 Å². The maximum Gasteiger partial charge on any atom is 0.264 e. The molecule has 0 bridgehead atoms. The van der Waals surface area contributed by atoms with Crippen LogP contribution in [0.3, 0.4) is 0 Å². The number of methoxy groups -OCH3 is 1. The van der Waals surface area contributed by atoms with Gasteiger partial charge in [0.15, 0.2) is 0 Å². The molecule has 0 unspecified atom stereocenters. The van der Waals surface area contributed by atoms with Crippen LogP contribution in [0.1, 0.15) is 31.9 Å². The summed E-state index contributed by atoms with van der Waals surface area (Å²) in [5.41, 5.74) is 3.24. The van der Waals surface area contributed by atoms with Crippen LogP contribution in [0.5, 0.6) is 0 Å². The molecular formula is C16H26ClNO5S. The molecule has 0 radical (unpaired) electrons. The molecule has 1 aromatic rings. The Bertz CT molecular complexity index is 597. The monoisotopic (exact) mass is 379 g/mol. The number of alkyl halides is 1. The highest BCUT2D eigenvalue weighted by atomic mass is 35.5. The lowest BCUT2D eigenvalue weighted by Gasteiger charge is -2.26. The van der Waals surface area contributed by atoms with E-state index in [1.807, 2.05) is 18.2 Å². The molecule has 0 aliphatic rings. The van der Waals surface area contributed by atoms with E-state index in [4.69, 9.17) is 20.9 Å². The predicted octanol–water partition coefficient (Wildman–Crippen LogP) is 2.88. The van der Waals surface area contributed by atoms with E-state index < -0.39 is 10.1 Å². The standard InChI is InChI=1S/C14H20ClNO2.C2H6O3S/c1-4-11-7-6-8-12(5-2)14(11)16(10-18-3)13(17)9-15;1-2-6(3,4)5/h6-8H,4-5,9-10H2,1-3H3;2H2,1H3,(H,3,4,5). The van der Waals surface area contributed by atoms with E-state index in [1.54, 1.807) is 12.0 Å². The molecule has 1 amide bonds. The molecule has 24 heavy (non-hydrogen) atoms. The summed E-state index contributed by atoms with van der Waals surface area (Å²) >= 11 is 5.68. The van der Waals surface area contributed by atoms with Crippen LogP contribution >= 0.6 is 11.6 Å². The topological polar surface area (TPSA) is 83.9 Å². The van der Waals surface area contributed by atoms with Gasteiger partial charge >= 0.3 is 0 Å². The molecule has 0 fully saturated rings. The zero-order chi connectivity index (χ0) is 18.8. The van der Waals surface area contributed by atoms with Crippen molar-refractivity contribution in [3.63, 3.8) is 0 Å². The maximum atomic E-state index is 12.0. The second kappa shape index (κ2) is 11.4. The molecule has 8 heteroatoms. The number of carbonyl (C=O) groups is 1. The first-order valence-corrected chi connectivity index (χ1v) is 9.81. The van der Waals surface area contributed by atoms with Crippen LogP contribution < -0.4 is 4.90 Å². The molecule has 6 nitrogen and oxygen atoms in total. The molecule has 0 atom stereocenters. The Morgan fingerprint density at radius 3 is 1.96 bits per heavy atom. The Kier molecular flexibility index (Phi) is 10.9. The molecule has 0 aliphatic carbocycles. The smallest absolute Gasteiger partial charge is 0.264 e. The number of aryl methyl sites for hydroxylation is 2. The van der Waals surface area contributed by atoms with E-state index in [2.05, 4.69) is 13.8 Å². The molecule has 0 saturated heterocycles. The van der Waals surface area contributed by atoms with E-state index >= 15 is 0 Å². The van der Waals surface area contributed by atoms with Crippen molar-refractivity contribution < 1.29 is 22.5 Å². The molecule has 1 rings (SSSR count). The van der Waals surface area contributed by atoms with Crippen LogP contribution in [-0.4, -0.2) is 44.4 Å². The van der Waals surface area contributed by atoms with Gasteiger partial charge in [0.2, 0.25) is 5.91 Å². The molecule has 0 saturated carbocycles. The van der Waals surface area contributed by atoms with Gasteiger partial charge in [-0.15, -0.1) is 11.6 Å². The number of nitrogens with zero attached hydrogens (tertiary/aromatic N) is 1. The quantitative estimate of drug-likeness (QED) is 0.447. The Morgan fingerprint density at radius 1 is 1.21 bits per heavy atom. The average molecular weight is 380 g/mol. The van der Waals surface area contributed by atoms with Gasteiger partial charge in [-0.2, -0.15) is 8.42 Å². The summed E-state index contributed by atoms with van der Waals surface area (Å²) in [6.45, 7) is 5.76. The molecule has 138 valence electrons. The highest BCUT2D eigenvalue weighted by Crippen LogP contribution is 2.27. The average Bonchev–Trinajstić information content (AvgIpc) is 2.58. The van der Waals surface area contributed by atoms with Crippen molar-refractivity contribution in [3.05, 3.63) is 29.3 Å². The minimum Gasteiger partial charge on any atom is -0.364 e. The third-order valence-electron chi connectivity index (χ3n) is 3.27. The number of halogens is 1. The summed E-state index contributed by atoms with van der Waals surface area (Å²) in [4.78, 5) is 13.6. The minimum atomic E-state index is -3.66. The van der Waals surface area contributed by atoms with Crippen LogP contribution in [0.4, 0.5) is 5.69 Å². The first kappa shape index (κ1) is 22.9. The van der Waals surface area contributed by atoms with Gasteiger partial charge in [-0.05, 0) is 30.9 Å². The van der Waals surface area contributed by atoms with Crippen LogP contribution in [-0.2, 0) is 32.5 Å². The summed E-state index contributed by atoms with van der Waals surface area (Å²) in [6, 6.07) is 6.11. The minimum absolute atomic E-state index is 0.0371. The Hall–Kier alpha value is -1.15. The van der Waals surface area contributed by atoms with Gasteiger partial charge in [0, 0.05) is 7.11 Å². The fourth-order valence-electron chi connectivity index (χ4n) is 2.02. The summed E-state index contributed by atoms with van der Waals surface area (Å²) in [6.07, 6.45) is 1.75. The van der Waals surface area contributed by atoms with Crippen molar-refractivity contribution in [1.82, 2.24) is 0 Å². The first-order chi connectivity index (χ1) is 11.2. The molecule has 1 N–H and O–H groups in total. The molecule has 0 spiro atoms. The summed E-state index contributed by atoms with van der Waals surface area (Å²) < 4.78 is 32.0. The van der Waals surface area contributed by atoms with Crippen molar-refractivity contribution in [2.75, 3.05) is 30.4 Å². The second-order valence-electron chi connectivity index (χ2n) is 4.88. The van der Waals surface area contributed by atoms with Crippen LogP contribution in [0.15, 0.2) is 18.2 Å². The van der Waals surface area contributed by atoms with Gasteiger partial charge in [-0.25, -0.2) is 0 Å². The first-order valence-electron chi connectivity index (χ1n) is 7.66. The van der Waals surface area contributed by atoms with Crippen molar-refractivity contribution >= 4 is 33.3 Å². The number of amides is 1. The third kappa shape index (κ3) is 7.61. The lowest BCUT2D eigenvalue weighted by Crippen LogP contribution is -2.35. The lowest BCUT2D eigenvalue weighted by atomic mass is 10.0. The SMILES string of the molecule is CCS(=O)(=O)O.CCc1cccc(CC)c1N(COC)C(=O)CCl. The van der Waals surface area contributed by atoms with Crippen LogP contribution in [0.25, 0.3) is 0 Å². The highest BCUT2D eigenvalue weighted by Gasteiger charge is 2.19. The number of ether oxygens (including phenoxy) is 1. The second-order valence-corrected chi connectivity index (χ2v) is 6.88.